The van der Waals surface area contributed by atoms with E-state index in [0.29, 0.717) is 0 Å². The van der Waals surface area contributed by atoms with Crippen LogP contribution in [0.25, 0.3) is 44.1 Å². The van der Waals surface area contributed by atoms with Gasteiger partial charge < -0.3 is 0 Å². The first-order chi connectivity index (χ1) is 14.9. The Hall–Kier alpha value is -2.77. The molecule has 2 heterocycles. The van der Waals surface area contributed by atoms with Crippen molar-refractivity contribution in [1.82, 2.24) is 9.97 Å². The van der Waals surface area contributed by atoms with Crippen LogP contribution in [0.5, 0.6) is 0 Å². The number of benzene rings is 3. The zero-order valence-corrected chi connectivity index (χ0v) is 19.0. The van der Waals surface area contributed by atoms with Crippen molar-refractivity contribution < 1.29 is 48.4 Å². The molecule has 3 aromatic carbocycles. The molecule has 8 heteroatoms. The minimum absolute atomic E-state index is 0. The first-order valence-electron chi connectivity index (χ1n) is 9.32. The first kappa shape index (κ1) is 23.9. The topological polar surface area (TPSA) is 115 Å². The molecule has 1 N–H and O–H groups in total. The van der Waals surface area contributed by atoms with Crippen LogP contribution in [-0.2, 0) is 19.5 Å². The molecule has 5 aromatic rings. The summed E-state index contributed by atoms with van der Waals surface area (Å²) in [6.07, 6.45) is 3.75. The molecule has 0 radical (unpaired) electrons. The van der Waals surface area contributed by atoms with Crippen LogP contribution >= 0.6 is 0 Å². The SMILES string of the molecule is [O-][Cl+3]([O-])([O-])O.[Ru].c1ccc(-c2ccnc3c2ccc2c(-c4ccccc4)ccnc23)cc1. The molecule has 0 saturated carbocycles. The number of pyridine rings is 2. The summed E-state index contributed by atoms with van der Waals surface area (Å²) in [5.74, 6) is 0. The standard InChI is InChI=1S/C24H16N2.ClHO4.Ru/c1-3-7-17(8-4-1)19-13-15-25-23-21(19)11-12-22-20(14-16-26-24(22)23)18-9-5-2-6-10-18;2-1(3,4)5;/h1-16H;(H,2,3,4,5);. The van der Waals surface area contributed by atoms with Crippen LogP contribution in [-0.4, -0.2) is 14.6 Å². The van der Waals surface area contributed by atoms with E-state index in [9.17, 15) is 0 Å². The Bertz CT molecular complexity index is 1230. The average molecular weight is 534 g/mol. The third-order valence-electron chi connectivity index (χ3n) is 4.79. The molecule has 0 aliphatic rings. The molecule has 32 heavy (non-hydrogen) atoms. The van der Waals surface area contributed by atoms with E-state index >= 15 is 0 Å². The number of hydrogen-bond acceptors (Lipinski definition) is 6. The van der Waals surface area contributed by atoms with Gasteiger partial charge in [0.15, 0.2) is 0 Å². The van der Waals surface area contributed by atoms with Crippen LogP contribution in [0.3, 0.4) is 0 Å². The van der Waals surface area contributed by atoms with Crippen LogP contribution in [0.2, 0.25) is 0 Å². The van der Waals surface area contributed by atoms with Crippen molar-refractivity contribution in [3.05, 3.63) is 97.3 Å². The van der Waals surface area contributed by atoms with Crippen LogP contribution < -0.4 is 14.0 Å². The van der Waals surface area contributed by atoms with Gasteiger partial charge in [0.1, 0.15) is 0 Å². The number of rotatable bonds is 2. The maximum atomic E-state index is 8.60. The first-order valence-corrected chi connectivity index (χ1v) is 10.6. The fourth-order valence-electron chi connectivity index (χ4n) is 3.57. The molecule has 0 atom stereocenters. The quantitative estimate of drug-likeness (QED) is 0.274. The molecule has 0 fully saturated rings. The van der Waals surface area contributed by atoms with E-state index < -0.39 is 10.2 Å². The maximum Gasteiger partial charge on any atom is 0.0970 e. The molecule has 0 saturated heterocycles. The molecule has 0 spiro atoms. The fraction of sp³-hybridized carbons (Fsp3) is 0. The predicted octanol–water partition coefficient (Wildman–Crippen LogP) is 1.99. The van der Waals surface area contributed by atoms with Gasteiger partial charge in [-0.1, -0.05) is 72.8 Å². The number of nitrogens with zero attached hydrogens (tertiary/aromatic N) is 2. The van der Waals surface area contributed by atoms with Gasteiger partial charge in [-0.25, -0.2) is 0 Å². The minimum Gasteiger partial charge on any atom is -0.254 e. The number of hydrogen-bond donors (Lipinski definition) is 1. The summed E-state index contributed by atoms with van der Waals surface area (Å²) in [7, 11) is -4.69. The molecule has 162 valence electrons. The third kappa shape index (κ3) is 5.53. The fourth-order valence-corrected chi connectivity index (χ4v) is 3.57. The van der Waals surface area contributed by atoms with Crippen molar-refractivity contribution in [3.63, 3.8) is 0 Å². The van der Waals surface area contributed by atoms with Crippen LogP contribution in [0.4, 0.5) is 0 Å². The Morgan fingerprint density at radius 3 is 1.25 bits per heavy atom. The predicted molar refractivity (Wildman–Crippen MR) is 110 cm³/mol. The van der Waals surface area contributed by atoms with Gasteiger partial charge in [-0.2, -0.15) is 14.0 Å². The van der Waals surface area contributed by atoms with Gasteiger partial charge in [0.25, 0.3) is 0 Å². The largest absolute Gasteiger partial charge is 0.254 e. The van der Waals surface area contributed by atoms with Gasteiger partial charge in [0, 0.05) is 42.6 Å². The zero-order chi connectivity index (χ0) is 21.8. The summed E-state index contributed by atoms with van der Waals surface area (Å²) in [4.78, 5) is 9.34. The van der Waals surface area contributed by atoms with Crippen molar-refractivity contribution in [2.24, 2.45) is 0 Å². The molecule has 0 bridgehead atoms. The second-order valence-electron chi connectivity index (χ2n) is 6.70. The molecule has 2 aromatic heterocycles. The number of aromatic nitrogens is 2. The average Bonchev–Trinajstić information content (AvgIpc) is 2.78. The normalized spacial score (nSPS) is 10.9. The Labute approximate surface area is 199 Å². The Kier molecular flexibility index (Phi) is 7.64. The van der Waals surface area contributed by atoms with Gasteiger partial charge in [0.05, 0.1) is 25.9 Å². The van der Waals surface area contributed by atoms with Crippen LogP contribution in [0, 0.1) is 10.2 Å². The molecular formula is C24H17ClN2O4Ru. The summed E-state index contributed by atoms with van der Waals surface area (Å²) in [5, 5.41) is 2.26. The van der Waals surface area contributed by atoms with Crippen molar-refractivity contribution in [1.29, 1.82) is 0 Å². The van der Waals surface area contributed by atoms with E-state index in [1.54, 1.807) is 0 Å². The van der Waals surface area contributed by atoms with Gasteiger partial charge in [-0.3, -0.25) is 9.97 Å². The van der Waals surface area contributed by atoms with Gasteiger partial charge in [-0.05, 0) is 34.4 Å². The van der Waals surface area contributed by atoms with Gasteiger partial charge >= 0.3 is 0 Å². The Morgan fingerprint density at radius 1 is 0.562 bits per heavy atom. The van der Waals surface area contributed by atoms with Crippen molar-refractivity contribution in [2.75, 3.05) is 0 Å². The van der Waals surface area contributed by atoms with Gasteiger partial charge in [-0.15, -0.1) is 0 Å². The molecule has 0 unspecified atom stereocenters. The van der Waals surface area contributed by atoms with Crippen LogP contribution in [0.1, 0.15) is 0 Å². The van der Waals surface area contributed by atoms with E-state index in [-0.39, 0.29) is 19.5 Å². The van der Waals surface area contributed by atoms with Crippen LogP contribution in [0.15, 0.2) is 97.3 Å². The van der Waals surface area contributed by atoms with E-state index in [0.717, 1.165) is 21.8 Å². The monoisotopic (exact) mass is 534 g/mol. The summed E-state index contributed by atoms with van der Waals surface area (Å²) < 4.78 is 32.7. The second-order valence-corrected chi connectivity index (χ2v) is 7.49. The third-order valence-corrected chi connectivity index (χ3v) is 4.79. The van der Waals surface area contributed by atoms with E-state index in [2.05, 4.69) is 82.8 Å². The summed E-state index contributed by atoms with van der Waals surface area (Å²) >= 11 is 0. The second kappa shape index (κ2) is 10.2. The Morgan fingerprint density at radius 2 is 0.906 bits per heavy atom. The van der Waals surface area contributed by atoms with Gasteiger partial charge in [0.2, 0.25) is 0 Å². The molecule has 0 aliphatic carbocycles. The minimum atomic E-state index is -4.69. The summed E-state index contributed by atoms with van der Waals surface area (Å²) in [6, 6.07) is 29.3. The molecule has 0 aliphatic heterocycles. The number of fused-ring (bicyclic) bond motifs is 3. The molecule has 0 amide bonds. The van der Waals surface area contributed by atoms with E-state index in [1.165, 1.54) is 22.3 Å². The smallest absolute Gasteiger partial charge is 0.0970 e. The van der Waals surface area contributed by atoms with E-state index in [1.807, 2.05) is 24.5 Å². The summed E-state index contributed by atoms with van der Waals surface area (Å²) in [5.41, 5.74) is 6.65. The number of halogens is 1. The van der Waals surface area contributed by atoms with E-state index in [4.69, 9.17) is 18.6 Å². The molecule has 5 rings (SSSR count). The maximum absolute atomic E-state index is 8.60. The van der Waals surface area contributed by atoms with Crippen molar-refractivity contribution in [2.45, 2.75) is 0 Å². The molecular weight excluding hydrogens is 517 g/mol. The zero-order valence-electron chi connectivity index (χ0n) is 16.5. The Balaban J connectivity index is 0.000000438. The molecule has 6 nitrogen and oxygen atoms in total. The van der Waals surface area contributed by atoms with Crippen molar-refractivity contribution in [3.8, 4) is 22.3 Å². The van der Waals surface area contributed by atoms with Crippen molar-refractivity contribution >= 4 is 21.8 Å². The summed E-state index contributed by atoms with van der Waals surface area (Å²) in [6.45, 7) is 0.